The predicted octanol–water partition coefficient (Wildman–Crippen LogP) is 3.95. The number of rotatable bonds is 7. The minimum absolute atomic E-state index is 0.0705. The molecule has 0 radical (unpaired) electrons. The average Bonchev–Trinajstić information content (AvgIpc) is 3.27. The molecule has 162 valence electrons. The molecule has 1 atom stereocenters. The van der Waals surface area contributed by atoms with Gasteiger partial charge in [0.05, 0.1) is 6.61 Å². The molecule has 0 unspecified atom stereocenters. The highest BCUT2D eigenvalue weighted by Gasteiger charge is 2.22. The number of nitrogens with zero attached hydrogens (tertiary/aromatic N) is 2. The second-order valence-electron chi connectivity index (χ2n) is 7.72. The molecule has 2 aromatic carbocycles. The lowest BCUT2D eigenvalue weighted by Crippen LogP contribution is -2.27. The van der Waals surface area contributed by atoms with Crippen molar-refractivity contribution in [2.24, 2.45) is 0 Å². The van der Waals surface area contributed by atoms with E-state index in [1.54, 1.807) is 4.57 Å². The molecule has 8 heteroatoms. The summed E-state index contributed by atoms with van der Waals surface area (Å²) in [7, 11) is 0. The Kier molecular flexibility index (Phi) is 6.08. The summed E-state index contributed by atoms with van der Waals surface area (Å²) < 4.78 is 13.8. The summed E-state index contributed by atoms with van der Waals surface area (Å²) in [6.07, 6.45) is 1.01. The summed E-state index contributed by atoms with van der Waals surface area (Å²) in [6.45, 7) is 6.97. The number of aryl methyl sites for hydroxylation is 1. The first-order chi connectivity index (χ1) is 14.9. The predicted molar refractivity (Wildman–Crippen MR) is 121 cm³/mol. The Morgan fingerprint density at radius 2 is 2.23 bits per heavy atom. The molecule has 3 aromatic rings. The average molecular weight is 439 g/mol. The van der Waals surface area contributed by atoms with Crippen LogP contribution in [-0.4, -0.2) is 33.4 Å². The summed E-state index contributed by atoms with van der Waals surface area (Å²) in [5.74, 6) is 2.11. The van der Waals surface area contributed by atoms with Gasteiger partial charge in [0.15, 0.2) is 10.6 Å². The number of fused-ring (bicyclic) bond motifs is 1. The number of H-pyrrole nitrogens is 1. The highest BCUT2D eigenvalue weighted by Crippen LogP contribution is 2.35. The maximum absolute atomic E-state index is 12.7. The fraction of sp³-hybridized carbons (Fsp3) is 0.348. The topological polar surface area (TPSA) is 81.2 Å². The maximum atomic E-state index is 12.7. The van der Waals surface area contributed by atoms with Crippen LogP contribution in [0.15, 0.2) is 36.4 Å². The number of hydrogen-bond donors (Lipinski definition) is 2. The van der Waals surface area contributed by atoms with Crippen molar-refractivity contribution in [1.29, 1.82) is 0 Å². The van der Waals surface area contributed by atoms with Gasteiger partial charge in [-0.25, -0.2) is 0 Å². The zero-order valence-electron chi connectivity index (χ0n) is 17.9. The normalized spacial score (nSPS) is 14.7. The molecular weight excluding hydrogens is 412 g/mol. The van der Waals surface area contributed by atoms with E-state index in [-0.39, 0.29) is 18.6 Å². The lowest BCUT2D eigenvalue weighted by molar-refractivity contribution is -0.121. The molecule has 0 saturated carbocycles. The third kappa shape index (κ3) is 4.64. The van der Waals surface area contributed by atoms with Crippen molar-refractivity contribution in [1.82, 2.24) is 20.1 Å². The van der Waals surface area contributed by atoms with E-state index < -0.39 is 0 Å². The summed E-state index contributed by atoms with van der Waals surface area (Å²) in [5, 5.41) is 10.1. The maximum Gasteiger partial charge on any atom is 0.240 e. The molecule has 0 spiro atoms. The van der Waals surface area contributed by atoms with Crippen molar-refractivity contribution in [3.05, 3.63) is 57.9 Å². The number of hydrogen-bond acceptors (Lipinski definition) is 5. The lowest BCUT2D eigenvalue weighted by atomic mass is 10.1. The SMILES string of the molecule is CCOc1cc2c(cc1CNC(=O)Cn1c(-c3cccc(C)c3)n[nH]c1=S)O[C@@H](C)C2. The molecule has 2 N–H and O–H groups in total. The number of ether oxygens (including phenoxy) is 2. The molecule has 1 amide bonds. The van der Waals surface area contributed by atoms with Gasteiger partial charge in [-0.05, 0) is 51.2 Å². The Morgan fingerprint density at radius 1 is 1.39 bits per heavy atom. The second kappa shape index (κ2) is 8.93. The number of carbonyl (C=O) groups excluding carboxylic acids is 1. The van der Waals surface area contributed by atoms with Crippen LogP contribution in [0, 0.1) is 11.7 Å². The van der Waals surface area contributed by atoms with E-state index in [1.807, 2.05) is 57.2 Å². The van der Waals surface area contributed by atoms with Gasteiger partial charge in [0.1, 0.15) is 24.1 Å². The third-order valence-corrected chi connectivity index (χ3v) is 5.50. The summed E-state index contributed by atoms with van der Waals surface area (Å²) in [4.78, 5) is 12.7. The van der Waals surface area contributed by atoms with Crippen LogP contribution in [0.2, 0.25) is 0 Å². The van der Waals surface area contributed by atoms with Crippen LogP contribution < -0.4 is 14.8 Å². The van der Waals surface area contributed by atoms with Crippen LogP contribution in [0.25, 0.3) is 11.4 Å². The van der Waals surface area contributed by atoms with Crippen molar-refractivity contribution in [3.8, 4) is 22.9 Å². The first-order valence-electron chi connectivity index (χ1n) is 10.4. The van der Waals surface area contributed by atoms with Crippen LogP contribution in [0.4, 0.5) is 0 Å². The van der Waals surface area contributed by atoms with E-state index in [0.29, 0.717) is 23.7 Å². The number of amides is 1. The van der Waals surface area contributed by atoms with Gasteiger partial charge in [-0.2, -0.15) is 5.10 Å². The molecule has 2 heterocycles. The van der Waals surface area contributed by atoms with Crippen molar-refractivity contribution in [2.45, 2.75) is 46.4 Å². The van der Waals surface area contributed by atoms with Crippen LogP contribution >= 0.6 is 12.2 Å². The molecule has 0 bridgehead atoms. The van der Waals surface area contributed by atoms with E-state index in [4.69, 9.17) is 21.7 Å². The first kappa shape index (κ1) is 21.1. The molecule has 1 aliphatic rings. The lowest BCUT2D eigenvalue weighted by Gasteiger charge is -2.14. The van der Waals surface area contributed by atoms with E-state index >= 15 is 0 Å². The highest BCUT2D eigenvalue weighted by molar-refractivity contribution is 7.71. The zero-order valence-corrected chi connectivity index (χ0v) is 18.7. The number of carbonyl (C=O) groups is 1. The number of aromatic amines is 1. The Morgan fingerprint density at radius 3 is 3.00 bits per heavy atom. The Balaban J connectivity index is 1.49. The largest absolute Gasteiger partial charge is 0.494 e. The van der Waals surface area contributed by atoms with Gasteiger partial charge in [-0.15, -0.1) is 0 Å². The zero-order chi connectivity index (χ0) is 22.0. The van der Waals surface area contributed by atoms with Gasteiger partial charge < -0.3 is 14.8 Å². The van der Waals surface area contributed by atoms with Gasteiger partial charge in [0.2, 0.25) is 5.91 Å². The minimum Gasteiger partial charge on any atom is -0.494 e. The third-order valence-electron chi connectivity index (χ3n) is 5.19. The van der Waals surface area contributed by atoms with E-state index in [9.17, 15) is 4.79 Å². The molecule has 31 heavy (non-hydrogen) atoms. The molecule has 7 nitrogen and oxygen atoms in total. The molecule has 1 aliphatic heterocycles. The van der Waals surface area contributed by atoms with Gasteiger partial charge in [-0.1, -0.05) is 23.8 Å². The molecule has 0 aliphatic carbocycles. The standard InChI is InChI=1S/C23H26N4O3S/c1-4-29-19-10-17-9-15(3)30-20(17)11-18(19)12-24-21(28)13-27-22(25-26-23(27)31)16-7-5-6-14(2)8-16/h5-8,10-11,15H,4,9,12-13H2,1-3H3,(H,24,28)(H,26,31)/t15-/m0/s1. The second-order valence-corrected chi connectivity index (χ2v) is 8.10. The van der Waals surface area contributed by atoms with Crippen LogP contribution in [0.5, 0.6) is 11.5 Å². The van der Waals surface area contributed by atoms with Crippen LogP contribution in [-0.2, 0) is 24.3 Å². The monoisotopic (exact) mass is 438 g/mol. The summed E-state index contributed by atoms with van der Waals surface area (Å²) in [6, 6.07) is 11.9. The Labute approximate surface area is 186 Å². The van der Waals surface area contributed by atoms with Gasteiger partial charge in [-0.3, -0.25) is 14.5 Å². The summed E-state index contributed by atoms with van der Waals surface area (Å²) >= 11 is 5.35. The van der Waals surface area contributed by atoms with E-state index in [2.05, 4.69) is 15.5 Å². The van der Waals surface area contributed by atoms with Crippen molar-refractivity contribution in [3.63, 3.8) is 0 Å². The van der Waals surface area contributed by atoms with Gasteiger partial charge in [0, 0.05) is 29.7 Å². The summed E-state index contributed by atoms with van der Waals surface area (Å²) in [5.41, 5.74) is 4.04. The van der Waals surface area contributed by atoms with E-state index in [0.717, 1.165) is 40.2 Å². The Hall–Kier alpha value is -3.13. The number of nitrogens with one attached hydrogen (secondary N) is 2. The molecule has 0 saturated heterocycles. The van der Waals surface area contributed by atoms with E-state index in [1.165, 1.54) is 0 Å². The smallest absolute Gasteiger partial charge is 0.240 e. The van der Waals surface area contributed by atoms with Crippen molar-refractivity contribution < 1.29 is 14.3 Å². The fourth-order valence-electron chi connectivity index (χ4n) is 3.77. The first-order valence-corrected chi connectivity index (χ1v) is 10.8. The fourth-order valence-corrected chi connectivity index (χ4v) is 3.97. The molecule has 0 fully saturated rings. The molecule has 1 aromatic heterocycles. The molecule has 4 rings (SSSR count). The van der Waals surface area contributed by atoms with Gasteiger partial charge >= 0.3 is 0 Å². The van der Waals surface area contributed by atoms with Crippen LogP contribution in [0.1, 0.15) is 30.5 Å². The van der Waals surface area contributed by atoms with Crippen LogP contribution in [0.3, 0.4) is 0 Å². The highest BCUT2D eigenvalue weighted by atomic mass is 32.1. The number of benzene rings is 2. The quantitative estimate of drug-likeness (QED) is 0.546. The molecular formula is C23H26N4O3S. The minimum atomic E-state index is -0.163. The van der Waals surface area contributed by atoms with Crippen molar-refractivity contribution in [2.75, 3.05) is 6.61 Å². The Bertz CT molecular complexity index is 1170. The van der Waals surface area contributed by atoms with Crippen molar-refractivity contribution >= 4 is 18.1 Å². The number of aromatic nitrogens is 3. The van der Waals surface area contributed by atoms with Gasteiger partial charge in [0.25, 0.3) is 0 Å².